The van der Waals surface area contributed by atoms with Crippen LogP contribution in [0, 0.1) is 0 Å². The van der Waals surface area contributed by atoms with E-state index in [1.54, 1.807) is 49.6 Å². The van der Waals surface area contributed by atoms with E-state index in [4.69, 9.17) is 14.3 Å². The summed E-state index contributed by atoms with van der Waals surface area (Å²) in [5, 5.41) is 16.1. The van der Waals surface area contributed by atoms with Gasteiger partial charge in [-0.2, -0.15) is 0 Å². The lowest BCUT2D eigenvalue weighted by atomic mass is 10.0. The van der Waals surface area contributed by atoms with Gasteiger partial charge in [0.25, 0.3) is 0 Å². The second-order valence-electron chi connectivity index (χ2n) is 10.4. The molecule has 0 fully saturated rings. The van der Waals surface area contributed by atoms with E-state index in [0.717, 1.165) is 32.7 Å². The fraction of sp³-hybridized carbons (Fsp3) is 0.290. The van der Waals surface area contributed by atoms with Crippen LogP contribution in [0.3, 0.4) is 0 Å². The molecule has 0 bridgehead atoms. The van der Waals surface area contributed by atoms with Crippen molar-refractivity contribution >= 4 is 39.3 Å². The molecular weight excluding hydrogens is 558 g/mol. The monoisotopic (exact) mass is 591 g/mol. The molecule has 0 saturated carbocycles. The number of amides is 1. The van der Waals surface area contributed by atoms with Crippen LogP contribution in [0.15, 0.2) is 82.7 Å². The van der Waals surface area contributed by atoms with Gasteiger partial charge in [0.1, 0.15) is 36.8 Å². The van der Waals surface area contributed by atoms with E-state index < -0.39 is 23.7 Å². The second-order valence-corrected chi connectivity index (χ2v) is 11.4. The number of aromatic nitrogens is 1. The van der Waals surface area contributed by atoms with Crippen molar-refractivity contribution in [3.63, 3.8) is 0 Å². The largest absolute Gasteiger partial charge is 0.492 e. The zero-order valence-corrected chi connectivity index (χ0v) is 24.6. The van der Waals surface area contributed by atoms with Gasteiger partial charge in [-0.05, 0) is 50.6 Å². The van der Waals surface area contributed by atoms with E-state index in [1.807, 2.05) is 48.5 Å². The Bertz CT molecular complexity index is 1620. The van der Waals surface area contributed by atoms with Gasteiger partial charge in [-0.25, -0.2) is 9.59 Å². The summed E-state index contributed by atoms with van der Waals surface area (Å²) < 4.78 is 13.5. The van der Waals surface area contributed by atoms with Crippen LogP contribution in [0.5, 0.6) is 5.75 Å². The van der Waals surface area contributed by atoms with Crippen LogP contribution in [0.25, 0.3) is 10.2 Å². The van der Waals surface area contributed by atoms with Crippen molar-refractivity contribution in [2.24, 2.45) is 5.16 Å². The lowest BCUT2D eigenvalue weighted by Crippen LogP contribution is -2.44. The number of rotatable bonds is 11. The van der Waals surface area contributed by atoms with E-state index in [1.165, 1.54) is 7.11 Å². The molecule has 2 N–H and O–H groups in total. The Balaban J connectivity index is 1.38. The molecule has 0 unspecified atom stereocenters. The number of ether oxygens (including phenoxy) is 2. The normalized spacial score (nSPS) is 12.5. The molecule has 42 heavy (non-hydrogen) atoms. The highest BCUT2D eigenvalue weighted by molar-refractivity contribution is 7.16. The zero-order chi connectivity index (χ0) is 30.3. The molecule has 11 heteroatoms. The van der Waals surface area contributed by atoms with Gasteiger partial charge in [0.2, 0.25) is 0 Å². The molecule has 0 spiro atoms. The Morgan fingerprint density at radius 3 is 2.38 bits per heavy atom. The van der Waals surface area contributed by atoms with Crippen LogP contribution >= 0.6 is 11.3 Å². The Morgan fingerprint density at radius 1 is 1.02 bits per heavy atom. The summed E-state index contributed by atoms with van der Waals surface area (Å²) in [5.74, 6) is -0.590. The van der Waals surface area contributed by atoms with Crippen LogP contribution in [-0.2, 0) is 27.3 Å². The van der Waals surface area contributed by atoms with Gasteiger partial charge < -0.3 is 24.7 Å². The number of carboxylic acid groups (broad SMARTS) is 1. The van der Waals surface area contributed by atoms with Gasteiger partial charge in [0, 0.05) is 17.5 Å². The maximum absolute atomic E-state index is 12.8. The van der Waals surface area contributed by atoms with E-state index in [9.17, 15) is 19.5 Å². The molecule has 1 atom stereocenters. The van der Waals surface area contributed by atoms with Crippen LogP contribution in [0.1, 0.15) is 37.5 Å². The molecule has 0 saturated heterocycles. The molecule has 0 radical (unpaired) electrons. The highest BCUT2D eigenvalue weighted by Crippen LogP contribution is 2.22. The number of nitrogens with one attached hydrogen (secondary N) is 1. The Morgan fingerprint density at radius 2 is 1.74 bits per heavy atom. The summed E-state index contributed by atoms with van der Waals surface area (Å²) in [5.41, 5.74) is 3.19. The Hall–Kier alpha value is -4.64. The topological polar surface area (TPSA) is 128 Å². The Labute approximate surface area is 247 Å². The molecule has 4 aromatic rings. The number of thiazole rings is 1. The van der Waals surface area contributed by atoms with Crippen molar-refractivity contribution in [3.8, 4) is 5.75 Å². The molecule has 220 valence electrons. The Kier molecular flexibility index (Phi) is 9.64. The maximum atomic E-state index is 12.8. The minimum Gasteiger partial charge on any atom is -0.492 e. The van der Waals surface area contributed by atoms with Gasteiger partial charge in [-0.15, -0.1) is 0 Å². The average molecular weight is 592 g/mol. The molecule has 0 aliphatic heterocycles. The number of carbonyl (C=O) groups excluding carboxylic acids is 1. The first kappa shape index (κ1) is 30.3. The predicted octanol–water partition coefficient (Wildman–Crippen LogP) is 5.06. The van der Waals surface area contributed by atoms with Crippen molar-refractivity contribution in [1.82, 2.24) is 9.88 Å². The van der Waals surface area contributed by atoms with Crippen molar-refractivity contribution in [1.29, 1.82) is 0 Å². The molecule has 3 aromatic carbocycles. The first-order valence-electron chi connectivity index (χ1n) is 13.3. The number of nitrogens with zero attached hydrogens (tertiary/aromatic N) is 2. The molecule has 0 aliphatic rings. The van der Waals surface area contributed by atoms with Crippen molar-refractivity contribution in [2.45, 2.75) is 45.4 Å². The summed E-state index contributed by atoms with van der Waals surface area (Å²) in [7, 11) is 1.50. The molecule has 10 nitrogen and oxygen atoms in total. The third-order valence-electron chi connectivity index (χ3n) is 6.11. The zero-order valence-electron chi connectivity index (χ0n) is 23.8. The average Bonchev–Trinajstić information content (AvgIpc) is 3.25. The number of benzene rings is 3. The van der Waals surface area contributed by atoms with Crippen molar-refractivity contribution in [2.75, 3.05) is 13.7 Å². The summed E-state index contributed by atoms with van der Waals surface area (Å²) in [4.78, 5) is 41.5. The number of fused-ring (bicyclic) bond motifs is 1. The standard InChI is InChI=1S/C31H33N3O7S/c1-31(2,3)41-29(37)32-24(28(35)36)18-20-10-13-23(14-11-20)40-17-16-34-25-15-12-22(19-26(25)42-30(34)38)27(33-39-4)21-8-6-5-7-9-21/h5-15,19,24H,16-18H2,1-4H3,(H,32,37)(H,35,36)/t24-/m0/s1. The lowest BCUT2D eigenvalue weighted by molar-refractivity contribution is -0.139. The third kappa shape index (κ3) is 7.97. The third-order valence-corrected chi connectivity index (χ3v) is 7.05. The highest BCUT2D eigenvalue weighted by Gasteiger charge is 2.24. The van der Waals surface area contributed by atoms with Crippen LogP contribution < -0.4 is 14.9 Å². The van der Waals surface area contributed by atoms with Gasteiger partial charge in [-0.1, -0.05) is 65.0 Å². The molecular formula is C31H33N3O7S. The molecule has 0 aliphatic carbocycles. The quantitative estimate of drug-likeness (QED) is 0.184. The molecule has 1 amide bonds. The van der Waals surface area contributed by atoms with Crippen molar-refractivity contribution in [3.05, 3.63) is 99.2 Å². The first-order chi connectivity index (χ1) is 20.0. The predicted molar refractivity (Wildman–Crippen MR) is 162 cm³/mol. The number of carbonyl (C=O) groups is 2. The summed E-state index contributed by atoms with van der Waals surface area (Å²) in [6.07, 6.45) is -0.712. The minimum atomic E-state index is -1.16. The summed E-state index contributed by atoms with van der Waals surface area (Å²) in [6.45, 7) is 5.71. The van der Waals surface area contributed by atoms with Gasteiger partial charge >= 0.3 is 16.9 Å². The molecule has 4 rings (SSSR count). The number of aliphatic carboxylic acids is 1. The fourth-order valence-electron chi connectivity index (χ4n) is 4.25. The highest BCUT2D eigenvalue weighted by atomic mass is 32.1. The minimum absolute atomic E-state index is 0.0776. The van der Waals surface area contributed by atoms with Crippen LogP contribution in [-0.4, -0.2) is 52.8 Å². The van der Waals surface area contributed by atoms with E-state index in [2.05, 4.69) is 10.5 Å². The first-order valence-corrected chi connectivity index (χ1v) is 14.1. The SMILES string of the molecule is CON=C(c1ccccc1)c1ccc2c(c1)sc(=O)n2CCOc1ccc(C[C@H](NC(=O)OC(C)(C)C)C(=O)O)cc1. The van der Waals surface area contributed by atoms with E-state index in [-0.39, 0.29) is 17.9 Å². The fourth-order valence-corrected chi connectivity index (χ4v) is 5.20. The van der Waals surface area contributed by atoms with Gasteiger partial charge in [0.05, 0.1) is 16.8 Å². The number of oxime groups is 1. The van der Waals surface area contributed by atoms with E-state index >= 15 is 0 Å². The van der Waals surface area contributed by atoms with E-state index in [0.29, 0.717) is 23.6 Å². The summed E-state index contributed by atoms with van der Waals surface area (Å²) in [6, 6.07) is 21.2. The number of alkyl carbamates (subject to hydrolysis) is 1. The molecule has 1 heterocycles. The molecule has 1 aromatic heterocycles. The van der Waals surface area contributed by atoms with Crippen LogP contribution in [0.4, 0.5) is 4.79 Å². The maximum Gasteiger partial charge on any atom is 0.408 e. The lowest BCUT2D eigenvalue weighted by Gasteiger charge is -2.22. The summed E-state index contributed by atoms with van der Waals surface area (Å²) >= 11 is 1.16. The number of carboxylic acids is 1. The van der Waals surface area contributed by atoms with Crippen LogP contribution in [0.2, 0.25) is 0 Å². The number of hydrogen-bond acceptors (Lipinski definition) is 8. The number of hydrogen-bond donors (Lipinski definition) is 2. The second kappa shape index (κ2) is 13.3. The van der Waals surface area contributed by atoms with Gasteiger partial charge in [0.15, 0.2) is 0 Å². The van der Waals surface area contributed by atoms with Gasteiger partial charge in [-0.3, -0.25) is 9.36 Å². The smallest absolute Gasteiger partial charge is 0.408 e. The van der Waals surface area contributed by atoms with Crippen molar-refractivity contribution < 1.29 is 29.0 Å².